The van der Waals surface area contributed by atoms with Gasteiger partial charge in [0.15, 0.2) is 5.82 Å². The highest BCUT2D eigenvalue weighted by atomic mass is 35.5. The van der Waals surface area contributed by atoms with Crippen LogP contribution in [0.2, 0.25) is 5.02 Å². The van der Waals surface area contributed by atoms with Gasteiger partial charge in [-0.05, 0) is 66.3 Å². The number of carbonyl (C=O) groups is 2. The Balaban J connectivity index is 1.17. The van der Waals surface area contributed by atoms with Gasteiger partial charge in [-0.25, -0.2) is 9.37 Å². The van der Waals surface area contributed by atoms with Gasteiger partial charge in [0.25, 0.3) is 0 Å². The third kappa shape index (κ3) is 4.24. The van der Waals surface area contributed by atoms with E-state index in [2.05, 4.69) is 30.8 Å². The molecule has 3 aromatic heterocycles. The van der Waals surface area contributed by atoms with E-state index in [1.54, 1.807) is 24.7 Å². The molecule has 1 aromatic carbocycles. The van der Waals surface area contributed by atoms with Crippen molar-refractivity contribution in [2.24, 2.45) is 5.92 Å². The molecule has 2 amide bonds. The Kier molecular flexibility index (Phi) is 5.92. The molecule has 0 unspecified atom stereocenters. The van der Waals surface area contributed by atoms with E-state index in [9.17, 15) is 9.59 Å². The van der Waals surface area contributed by atoms with Gasteiger partial charge in [-0.3, -0.25) is 14.6 Å². The van der Waals surface area contributed by atoms with E-state index in [4.69, 9.17) is 16.6 Å². The second-order valence-electron chi connectivity index (χ2n) is 10.2. The molecular weight excluding hydrogens is 537 g/mol. The van der Waals surface area contributed by atoms with Crippen LogP contribution in [-0.4, -0.2) is 57.9 Å². The van der Waals surface area contributed by atoms with E-state index in [0.717, 1.165) is 24.8 Å². The molecule has 3 aliphatic rings. The molecule has 4 aromatic rings. The predicted octanol–water partition coefficient (Wildman–Crippen LogP) is 4.11. The zero-order valence-electron chi connectivity index (χ0n) is 21.1. The summed E-state index contributed by atoms with van der Waals surface area (Å²) in [6.45, 7) is 0. The minimum absolute atomic E-state index is 0.00970. The van der Waals surface area contributed by atoms with Gasteiger partial charge < -0.3 is 15.2 Å². The van der Waals surface area contributed by atoms with Crippen LogP contribution in [0.15, 0.2) is 49.2 Å². The van der Waals surface area contributed by atoms with E-state index in [0.29, 0.717) is 41.3 Å². The summed E-state index contributed by atoms with van der Waals surface area (Å²) < 4.78 is 16.7. The number of benzene rings is 1. The Bertz CT molecular complexity index is 1660. The highest BCUT2D eigenvalue weighted by Gasteiger charge is 2.42. The molecule has 1 saturated carbocycles. The van der Waals surface area contributed by atoms with Gasteiger partial charge in [0.05, 0.1) is 34.3 Å². The van der Waals surface area contributed by atoms with Gasteiger partial charge in [0.2, 0.25) is 11.8 Å². The van der Waals surface area contributed by atoms with Gasteiger partial charge in [-0.1, -0.05) is 11.6 Å². The number of amides is 2. The first-order chi connectivity index (χ1) is 19.5. The number of tetrazole rings is 1. The van der Waals surface area contributed by atoms with Gasteiger partial charge in [0.1, 0.15) is 12.2 Å². The van der Waals surface area contributed by atoms with Crippen LogP contribution in [0.5, 0.6) is 0 Å². The normalized spacial score (nSPS) is 20.4. The highest BCUT2D eigenvalue weighted by Crippen LogP contribution is 2.44. The number of pyridine rings is 1. The lowest BCUT2D eigenvalue weighted by atomic mass is 9.92. The zero-order valence-corrected chi connectivity index (χ0v) is 21.8. The van der Waals surface area contributed by atoms with E-state index < -0.39 is 5.82 Å². The molecule has 11 nitrogen and oxygen atoms in total. The Morgan fingerprint density at radius 1 is 1.18 bits per heavy atom. The molecule has 2 fully saturated rings. The second-order valence-corrected chi connectivity index (χ2v) is 10.6. The molecule has 0 radical (unpaired) electrons. The summed E-state index contributed by atoms with van der Waals surface area (Å²) in [5.74, 6) is -0.137. The van der Waals surface area contributed by atoms with Crippen LogP contribution in [0.1, 0.15) is 49.5 Å². The molecule has 13 heteroatoms. The van der Waals surface area contributed by atoms with E-state index >= 15 is 4.39 Å². The minimum Gasteiger partial charge on any atom is -0.346 e. The third-order valence-corrected chi connectivity index (χ3v) is 8.01. The van der Waals surface area contributed by atoms with Crippen LogP contribution in [0.25, 0.3) is 22.5 Å². The second kappa shape index (κ2) is 9.63. The molecule has 0 bridgehead atoms. The number of anilines is 1. The number of nitrogens with zero attached hydrogens (tertiary/aromatic N) is 7. The number of hydrogen-bond donors (Lipinski definition) is 2. The van der Waals surface area contributed by atoms with E-state index in [-0.39, 0.29) is 40.4 Å². The summed E-state index contributed by atoms with van der Waals surface area (Å²) in [5.41, 5.74) is 3.18. The Hall–Kier alpha value is -4.45. The smallest absolute Gasteiger partial charge is 0.247 e. The quantitative estimate of drug-likeness (QED) is 0.363. The minimum atomic E-state index is -0.616. The van der Waals surface area contributed by atoms with Crippen LogP contribution in [-0.2, 0) is 9.59 Å². The van der Waals surface area contributed by atoms with Crippen LogP contribution in [0.4, 0.5) is 10.1 Å². The molecular formula is C27H23ClFN9O2. The van der Waals surface area contributed by atoms with E-state index in [1.807, 2.05) is 11.0 Å². The lowest BCUT2D eigenvalue weighted by Gasteiger charge is -2.33. The Morgan fingerprint density at radius 3 is 2.85 bits per heavy atom. The molecule has 2 atom stereocenters. The van der Waals surface area contributed by atoms with Crippen molar-refractivity contribution in [2.75, 3.05) is 5.32 Å². The first kappa shape index (κ1) is 24.6. The number of rotatable bonds is 6. The molecule has 2 aliphatic heterocycles. The number of aromatic nitrogens is 7. The average molecular weight is 560 g/mol. The highest BCUT2D eigenvalue weighted by molar-refractivity contribution is 6.31. The summed E-state index contributed by atoms with van der Waals surface area (Å²) >= 11 is 6.13. The maximum atomic E-state index is 15.3. The topological polar surface area (TPSA) is 135 Å². The molecule has 5 heterocycles. The first-order valence-corrected chi connectivity index (χ1v) is 13.4. The first-order valence-electron chi connectivity index (χ1n) is 13.0. The van der Waals surface area contributed by atoms with Crippen molar-refractivity contribution < 1.29 is 14.0 Å². The van der Waals surface area contributed by atoms with Crippen molar-refractivity contribution in [3.63, 3.8) is 0 Å². The third-order valence-electron chi connectivity index (χ3n) is 7.72. The fourth-order valence-corrected chi connectivity index (χ4v) is 5.80. The number of imidazole rings is 1. The van der Waals surface area contributed by atoms with Crippen LogP contribution in [0.3, 0.4) is 0 Å². The fourth-order valence-electron chi connectivity index (χ4n) is 5.65. The maximum absolute atomic E-state index is 15.3. The van der Waals surface area contributed by atoms with Gasteiger partial charge in [0, 0.05) is 41.6 Å². The SMILES string of the molecule is O=C(Nc1cnccc1-c1c[nH]c([C@@H]2CC[C@H]3CC(c4c(-n5cnnn5)ccc(Cl)c4F)=CC(=O)N32)n1)C1CC1. The predicted molar refractivity (Wildman–Crippen MR) is 142 cm³/mol. The van der Waals surface area contributed by atoms with Crippen molar-refractivity contribution in [3.05, 3.63) is 71.4 Å². The molecule has 40 heavy (non-hydrogen) atoms. The average Bonchev–Trinajstić information content (AvgIpc) is 3.30. The van der Waals surface area contributed by atoms with Crippen molar-refractivity contribution in [3.8, 4) is 16.9 Å². The van der Waals surface area contributed by atoms with Gasteiger partial charge in [-0.15, -0.1) is 5.10 Å². The zero-order chi connectivity index (χ0) is 27.4. The van der Waals surface area contributed by atoms with Crippen molar-refractivity contribution >= 4 is 34.7 Å². The van der Waals surface area contributed by atoms with Crippen LogP contribution >= 0.6 is 11.6 Å². The van der Waals surface area contributed by atoms with Crippen molar-refractivity contribution in [1.82, 2.24) is 40.1 Å². The Morgan fingerprint density at radius 2 is 2.05 bits per heavy atom. The standard InChI is InChI=1S/C27H23ClFN9O2/c28-18-4-6-21(37-13-32-35-36-37)24(25(18)29)15-9-16-3-5-22(38(16)23(39)10-15)26-31-12-20(33-26)17-7-8-30-11-19(17)34-27(40)14-1-2-14/h4,6-8,10-14,16,22H,1-3,5,9H2,(H,31,33)(H,34,40)/t16-,22-/m0/s1. The summed E-state index contributed by atoms with van der Waals surface area (Å²) in [7, 11) is 0. The van der Waals surface area contributed by atoms with Gasteiger partial charge >= 0.3 is 0 Å². The number of fused-ring (bicyclic) bond motifs is 1. The number of nitrogens with one attached hydrogen (secondary N) is 2. The number of aromatic amines is 1. The van der Waals surface area contributed by atoms with E-state index in [1.165, 1.54) is 23.2 Å². The monoisotopic (exact) mass is 559 g/mol. The van der Waals surface area contributed by atoms with Crippen LogP contribution < -0.4 is 5.32 Å². The maximum Gasteiger partial charge on any atom is 0.247 e. The van der Waals surface area contributed by atoms with Gasteiger partial charge in [-0.2, -0.15) is 4.68 Å². The van der Waals surface area contributed by atoms with Crippen LogP contribution in [0, 0.1) is 11.7 Å². The molecule has 1 saturated heterocycles. The number of carbonyl (C=O) groups excluding carboxylic acids is 2. The summed E-state index contributed by atoms with van der Waals surface area (Å²) in [4.78, 5) is 39.9. The number of halogens is 2. The summed E-state index contributed by atoms with van der Waals surface area (Å²) in [5, 5.41) is 14.1. The molecule has 2 N–H and O–H groups in total. The fraction of sp³-hybridized carbons (Fsp3) is 0.296. The Labute approximate surface area is 232 Å². The summed E-state index contributed by atoms with van der Waals surface area (Å²) in [6.07, 6.45) is 11.6. The molecule has 0 spiro atoms. The van der Waals surface area contributed by atoms with Crippen molar-refractivity contribution in [2.45, 2.75) is 44.2 Å². The lowest BCUT2D eigenvalue weighted by Crippen LogP contribution is -2.39. The number of H-pyrrole nitrogens is 1. The molecule has 1 aliphatic carbocycles. The lowest BCUT2D eigenvalue weighted by molar-refractivity contribution is -0.129. The molecule has 7 rings (SSSR count). The van der Waals surface area contributed by atoms with Crippen molar-refractivity contribution in [1.29, 1.82) is 0 Å². The summed E-state index contributed by atoms with van der Waals surface area (Å²) in [6, 6.07) is 4.49. The number of hydrogen-bond acceptors (Lipinski definition) is 7. The molecule has 202 valence electrons. The largest absolute Gasteiger partial charge is 0.346 e.